The number of methoxy groups -OCH3 is 1. The van der Waals surface area contributed by atoms with Gasteiger partial charge in [0.05, 0.1) is 25.8 Å². The van der Waals surface area contributed by atoms with Gasteiger partial charge in [0.2, 0.25) is 11.8 Å². The van der Waals surface area contributed by atoms with Crippen LogP contribution in [0.1, 0.15) is 67.9 Å². The summed E-state index contributed by atoms with van der Waals surface area (Å²) in [5, 5.41) is 6.20. The highest BCUT2D eigenvalue weighted by Crippen LogP contribution is 2.31. The van der Waals surface area contributed by atoms with Crippen LogP contribution in [0.2, 0.25) is 0 Å². The summed E-state index contributed by atoms with van der Waals surface area (Å²) in [6.45, 7) is 17.4. The van der Waals surface area contributed by atoms with Gasteiger partial charge in [0, 0.05) is 18.0 Å². The van der Waals surface area contributed by atoms with Crippen LogP contribution in [0.4, 0.5) is 0 Å². The smallest absolute Gasteiger partial charge is 0.333 e. The van der Waals surface area contributed by atoms with Crippen molar-refractivity contribution < 1.29 is 23.9 Å². The number of esters is 1. The number of ether oxygens (including phenoxy) is 2. The average molecular weight is 532 g/mol. The van der Waals surface area contributed by atoms with Crippen molar-refractivity contribution in [3.05, 3.63) is 41.5 Å². The summed E-state index contributed by atoms with van der Waals surface area (Å²) in [6.07, 6.45) is 1.77. The first-order valence-corrected chi connectivity index (χ1v) is 13.3. The Hall–Kier alpha value is -2.87. The Morgan fingerprint density at radius 3 is 2.16 bits per heavy atom. The number of benzene rings is 1. The summed E-state index contributed by atoms with van der Waals surface area (Å²) in [7, 11) is 5.06. The lowest BCUT2D eigenvalue weighted by atomic mass is 9.76. The van der Waals surface area contributed by atoms with Crippen LogP contribution < -0.4 is 15.4 Å². The second-order valence-electron chi connectivity index (χ2n) is 11.7. The number of hydrogen-bond donors (Lipinski definition) is 2. The summed E-state index contributed by atoms with van der Waals surface area (Å²) in [5.74, 6) is -0.174. The van der Waals surface area contributed by atoms with E-state index in [-0.39, 0.29) is 30.4 Å². The molecule has 0 heterocycles. The third kappa shape index (κ3) is 8.32. The van der Waals surface area contributed by atoms with E-state index in [1.165, 1.54) is 0 Å². The van der Waals surface area contributed by atoms with E-state index in [2.05, 4.69) is 10.6 Å². The van der Waals surface area contributed by atoms with Crippen LogP contribution in [0, 0.1) is 11.3 Å². The molecule has 8 nitrogen and oxygen atoms in total. The molecule has 3 atom stereocenters. The summed E-state index contributed by atoms with van der Waals surface area (Å²) in [4.78, 5) is 41.5. The Bertz CT molecular complexity index is 994. The van der Waals surface area contributed by atoms with Crippen molar-refractivity contribution in [1.29, 1.82) is 0 Å². The first-order valence-electron chi connectivity index (χ1n) is 13.3. The molecule has 1 rings (SSSR count). The molecular formula is C30H49N3O5. The Kier molecular flexibility index (Phi) is 12.0. The second-order valence-corrected chi connectivity index (χ2v) is 11.7. The molecule has 0 aliphatic carbocycles. The minimum atomic E-state index is -0.797. The highest BCUT2D eigenvalue weighted by Gasteiger charge is 2.41. The van der Waals surface area contributed by atoms with Crippen LogP contribution in [0.15, 0.2) is 35.9 Å². The van der Waals surface area contributed by atoms with Crippen LogP contribution in [0.25, 0.3) is 0 Å². The third-order valence-corrected chi connectivity index (χ3v) is 6.98. The van der Waals surface area contributed by atoms with E-state index in [1.54, 1.807) is 46.0 Å². The molecule has 0 saturated carbocycles. The van der Waals surface area contributed by atoms with Crippen LogP contribution in [0.5, 0.6) is 5.75 Å². The zero-order valence-electron chi connectivity index (χ0n) is 25.4. The van der Waals surface area contributed by atoms with Crippen molar-refractivity contribution >= 4 is 17.8 Å². The number of rotatable bonds is 12. The van der Waals surface area contributed by atoms with E-state index in [9.17, 15) is 14.4 Å². The maximum absolute atomic E-state index is 13.9. The summed E-state index contributed by atoms with van der Waals surface area (Å²) < 4.78 is 10.5. The number of hydrogen-bond acceptors (Lipinski definition) is 6. The highest BCUT2D eigenvalue weighted by atomic mass is 16.5. The summed E-state index contributed by atoms with van der Waals surface area (Å²) >= 11 is 0. The van der Waals surface area contributed by atoms with Gasteiger partial charge in [0.25, 0.3) is 0 Å². The van der Waals surface area contributed by atoms with E-state index in [0.29, 0.717) is 11.3 Å². The number of nitrogens with zero attached hydrogens (tertiary/aromatic N) is 1. The number of carbonyl (C=O) groups is 3. The monoisotopic (exact) mass is 531 g/mol. The lowest BCUT2D eigenvalue weighted by Crippen LogP contribution is -2.61. The maximum atomic E-state index is 13.9. The minimum Gasteiger partial charge on any atom is -0.497 e. The molecule has 0 aromatic heterocycles. The van der Waals surface area contributed by atoms with Gasteiger partial charge in [-0.1, -0.05) is 66.7 Å². The first-order chi connectivity index (χ1) is 17.5. The molecule has 0 saturated heterocycles. The van der Waals surface area contributed by atoms with Crippen molar-refractivity contribution in [2.45, 2.75) is 85.9 Å². The highest BCUT2D eigenvalue weighted by molar-refractivity contribution is 5.92. The van der Waals surface area contributed by atoms with Gasteiger partial charge < -0.3 is 25.0 Å². The van der Waals surface area contributed by atoms with E-state index in [4.69, 9.17) is 9.47 Å². The quantitative estimate of drug-likeness (QED) is 0.312. The fourth-order valence-corrected chi connectivity index (χ4v) is 4.56. The number of nitrogens with one attached hydrogen (secondary N) is 2. The topological polar surface area (TPSA) is 97.0 Å². The lowest BCUT2D eigenvalue weighted by molar-refractivity contribution is -0.141. The van der Waals surface area contributed by atoms with Gasteiger partial charge in [-0.15, -0.1) is 0 Å². The molecule has 0 spiro atoms. The SMILES string of the molecule is CCOC(=O)/C(C)=C/[C@H](C(C)C)N(C)C(=O)[C@@H](NC(=O)C(NC)C(C)(C)c1cccc(OC)c1)C(C)(C)C. The van der Waals surface area contributed by atoms with Gasteiger partial charge in [-0.25, -0.2) is 4.79 Å². The minimum absolute atomic E-state index is 0.0293. The number of likely N-dealkylation sites (N-methyl/N-ethyl adjacent to an activating group) is 2. The fraction of sp³-hybridized carbons (Fsp3) is 0.633. The molecule has 0 aliphatic heterocycles. The van der Waals surface area contributed by atoms with Crippen LogP contribution in [0.3, 0.4) is 0 Å². The van der Waals surface area contributed by atoms with Gasteiger partial charge in [0.15, 0.2) is 0 Å². The van der Waals surface area contributed by atoms with Crippen LogP contribution >= 0.6 is 0 Å². The maximum Gasteiger partial charge on any atom is 0.333 e. The molecule has 38 heavy (non-hydrogen) atoms. The van der Waals surface area contributed by atoms with E-state index >= 15 is 0 Å². The fourth-order valence-electron chi connectivity index (χ4n) is 4.56. The van der Waals surface area contributed by atoms with E-state index in [0.717, 1.165) is 5.56 Å². The molecular weight excluding hydrogens is 482 g/mol. The Labute approximate surface area is 229 Å². The molecule has 2 amide bonds. The predicted molar refractivity (Wildman–Crippen MR) is 152 cm³/mol. The average Bonchev–Trinajstić information content (AvgIpc) is 2.84. The molecule has 0 aliphatic rings. The molecule has 2 N–H and O–H groups in total. The van der Waals surface area contributed by atoms with Crippen molar-refractivity contribution in [2.24, 2.45) is 11.3 Å². The normalized spacial score (nSPS) is 14.9. The Morgan fingerprint density at radius 2 is 1.68 bits per heavy atom. The van der Waals surface area contributed by atoms with E-state index in [1.807, 2.05) is 72.7 Å². The van der Waals surface area contributed by atoms with Gasteiger partial charge in [0.1, 0.15) is 11.8 Å². The van der Waals surface area contributed by atoms with E-state index < -0.39 is 28.9 Å². The van der Waals surface area contributed by atoms with Crippen LogP contribution in [-0.4, -0.2) is 68.6 Å². The number of carbonyl (C=O) groups excluding carboxylic acids is 3. The predicted octanol–water partition coefficient (Wildman–Crippen LogP) is 4.08. The largest absolute Gasteiger partial charge is 0.497 e. The molecule has 1 unspecified atom stereocenters. The second kappa shape index (κ2) is 13.8. The lowest BCUT2D eigenvalue weighted by Gasteiger charge is -2.40. The molecule has 1 aromatic rings. The first kappa shape index (κ1) is 33.2. The van der Waals surface area contributed by atoms with Crippen molar-refractivity contribution in [2.75, 3.05) is 27.8 Å². The van der Waals surface area contributed by atoms with Crippen molar-refractivity contribution in [3.63, 3.8) is 0 Å². The molecule has 1 aromatic carbocycles. The third-order valence-electron chi connectivity index (χ3n) is 6.98. The standard InChI is InChI=1S/C30H49N3O5/c1-13-38-28(36)20(4)17-23(19(2)3)33(11)27(35)25(29(5,6)7)32-26(34)24(31-10)30(8,9)21-15-14-16-22(18-21)37-12/h14-19,23-25,31H,13H2,1-12H3,(H,32,34)/b20-17+/t23-,24?,25-/m1/s1. The van der Waals surface area contributed by atoms with Gasteiger partial charge in [-0.05, 0) is 49.9 Å². The summed E-state index contributed by atoms with van der Waals surface area (Å²) in [5.41, 5.74) is 0.198. The Balaban J connectivity index is 3.33. The van der Waals surface area contributed by atoms with Gasteiger partial charge >= 0.3 is 5.97 Å². The molecule has 0 bridgehead atoms. The zero-order chi connectivity index (χ0) is 29.4. The number of amides is 2. The summed E-state index contributed by atoms with van der Waals surface area (Å²) in [6, 6.07) is 5.87. The van der Waals surface area contributed by atoms with Gasteiger partial charge in [-0.3, -0.25) is 9.59 Å². The van der Waals surface area contributed by atoms with Crippen LogP contribution in [-0.2, 0) is 24.5 Å². The molecule has 8 heteroatoms. The molecule has 214 valence electrons. The molecule has 0 fully saturated rings. The van der Waals surface area contributed by atoms with Crippen molar-refractivity contribution in [3.8, 4) is 5.75 Å². The van der Waals surface area contributed by atoms with Crippen molar-refractivity contribution in [1.82, 2.24) is 15.5 Å². The molecule has 0 radical (unpaired) electrons. The Morgan fingerprint density at radius 1 is 1.08 bits per heavy atom. The van der Waals surface area contributed by atoms with Gasteiger partial charge in [-0.2, -0.15) is 0 Å². The zero-order valence-corrected chi connectivity index (χ0v) is 25.4.